The lowest BCUT2D eigenvalue weighted by Gasteiger charge is -2.27. The monoisotopic (exact) mass is 398 g/mol. The first kappa shape index (κ1) is 19.6. The van der Waals surface area contributed by atoms with Gasteiger partial charge in [-0.1, -0.05) is 19.1 Å². The number of likely N-dealkylation sites (tertiary alicyclic amines) is 1. The summed E-state index contributed by atoms with van der Waals surface area (Å²) in [6, 6.07) is 10.4. The van der Waals surface area contributed by atoms with Crippen molar-refractivity contribution in [1.29, 1.82) is 0 Å². The number of amides is 1. The van der Waals surface area contributed by atoms with E-state index in [1.807, 2.05) is 6.92 Å². The summed E-state index contributed by atoms with van der Waals surface area (Å²) in [7, 11) is 0. The van der Waals surface area contributed by atoms with E-state index < -0.39 is 5.60 Å². The van der Waals surface area contributed by atoms with Gasteiger partial charge in [-0.05, 0) is 67.1 Å². The molecule has 2 N–H and O–H groups in total. The van der Waals surface area contributed by atoms with Crippen molar-refractivity contribution in [2.45, 2.75) is 38.2 Å². The van der Waals surface area contributed by atoms with E-state index in [0.717, 1.165) is 16.5 Å². The van der Waals surface area contributed by atoms with Crippen molar-refractivity contribution in [2.24, 2.45) is 0 Å². The van der Waals surface area contributed by atoms with Crippen molar-refractivity contribution in [2.75, 3.05) is 13.1 Å². The van der Waals surface area contributed by atoms with Crippen LogP contribution in [0, 0.1) is 11.6 Å². The summed E-state index contributed by atoms with van der Waals surface area (Å²) in [5.74, 6) is -0.809. The molecule has 0 radical (unpaired) electrons. The third-order valence-electron chi connectivity index (χ3n) is 5.92. The molecule has 0 spiro atoms. The number of benzene rings is 2. The van der Waals surface area contributed by atoms with E-state index in [2.05, 4.69) is 4.98 Å². The minimum Gasteiger partial charge on any atom is -0.385 e. The Balaban J connectivity index is 1.59. The molecule has 1 aliphatic rings. The fourth-order valence-corrected chi connectivity index (χ4v) is 4.30. The maximum atomic E-state index is 13.7. The van der Waals surface area contributed by atoms with Crippen LogP contribution in [0.25, 0.3) is 10.9 Å². The van der Waals surface area contributed by atoms with E-state index >= 15 is 0 Å². The maximum absolute atomic E-state index is 13.7. The van der Waals surface area contributed by atoms with Gasteiger partial charge in [0, 0.05) is 24.0 Å². The van der Waals surface area contributed by atoms with Gasteiger partial charge in [0.1, 0.15) is 17.3 Å². The summed E-state index contributed by atoms with van der Waals surface area (Å²) in [5, 5.41) is 11.8. The zero-order chi connectivity index (χ0) is 20.6. The van der Waals surface area contributed by atoms with Crippen molar-refractivity contribution >= 4 is 16.8 Å². The van der Waals surface area contributed by atoms with Crippen LogP contribution in [-0.2, 0) is 12.0 Å². The van der Waals surface area contributed by atoms with Gasteiger partial charge in [-0.25, -0.2) is 8.78 Å². The molecule has 0 saturated carbocycles. The van der Waals surface area contributed by atoms with Crippen LogP contribution in [0.4, 0.5) is 8.78 Å². The van der Waals surface area contributed by atoms with Crippen LogP contribution in [0.15, 0.2) is 42.5 Å². The van der Waals surface area contributed by atoms with Gasteiger partial charge in [-0.2, -0.15) is 0 Å². The van der Waals surface area contributed by atoms with Gasteiger partial charge in [0.25, 0.3) is 5.91 Å². The normalized spacial score (nSPS) is 20.1. The second kappa shape index (κ2) is 7.59. The fourth-order valence-electron chi connectivity index (χ4n) is 4.30. The lowest BCUT2D eigenvalue weighted by atomic mass is 9.87. The Labute approximate surface area is 168 Å². The molecular formula is C23H24F2N2O2. The van der Waals surface area contributed by atoms with Crippen LogP contribution in [-0.4, -0.2) is 34.0 Å². The Kier molecular flexibility index (Phi) is 5.13. The molecule has 4 nitrogen and oxygen atoms in total. The second-order valence-corrected chi connectivity index (χ2v) is 7.71. The van der Waals surface area contributed by atoms with Crippen molar-refractivity contribution in [3.05, 3.63) is 70.9 Å². The highest BCUT2D eigenvalue weighted by Gasteiger charge is 2.34. The molecule has 2 aromatic carbocycles. The Morgan fingerprint density at radius 1 is 1.10 bits per heavy atom. The van der Waals surface area contributed by atoms with Crippen molar-refractivity contribution in [3.8, 4) is 0 Å². The molecule has 1 fully saturated rings. The van der Waals surface area contributed by atoms with Gasteiger partial charge in [0.2, 0.25) is 0 Å². The quantitative estimate of drug-likeness (QED) is 0.681. The summed E-state index contributed by atoms with van der Waals surface area (Å²) >= 11 is 0. The number of carbonyl (C=O) groups excluding carboxylic acids is 1. The molecule has 1 atom stereocenters. The molecule has 0 aliphatic carbocycles. The highest BCUT2D eigenvalue weighted by Crippen LogP contribution is 2.34. The molecule has 1 aliphatic heterocycles. The summed E-state index contributed by atoms with van der Waals surface area (Å²) in [5.41, 5.74) is 1.62. The van der Waals surface area contributed by atoms with E-state index in [4.69, 9.17) is 0 Å². The highest BCUT2D eigenvalue weighted by atomic mass is 19.1. The molecule has 6 heteroatoms. The zero-order valence-corrected chi connectivity index (χ0v) is 16.3. The van der Waals surface area contributed by atoms with Gasteiger partial charge in [-0.3, -0.25) is 4.79 Å². The number of aryl methyl sites for hydroxylation is 1. The Bertz CT molecular complexity index is 1040. The number of halogens is 2. The molecule has 4 rings (SSSR count). The molecule has 1 aromatic heterocycles. The standard InChI is InChI=1S/C23H24F2N2O2/c1-2-18-19-14-17(25)8-9-20(19)26-21(18)22(28)27-12-3-10-23(29,11-13-27)15-4-6-16(24)7-5-15/h4-9,14,26,29H,2-3,10-13H2,1H3/t23-/m1/s1. The van der Waals surface area contributed by atoms with Crippen LogP contribution < -0.4 is 0 Å². The Morgan fingerprint density at radius 2 is 1.83 bits per heavy atom. The van der Waals surface area contributed by atoms with Gasteiger partial charge in [-0.15, -0.1) is 0 Å². The average Bonchev–Trinajstić information content (AvgIpc) is 2.95. The van der Waals surface area contributed by atoms with Gasteiger partial charge < -0.3 is 15.0 Å². The number of aromatic amines is 1. The third-order valence-corrected chi connectivity index (χ3v) is 5.92. The topological polar surface area (TPSA) is 56.3 Å². The number of rotatable bonds is 3. The number of hydrogen-bond donors (Lipinski definition) is 2. The largest absolute Gasteiger partial charge is 0.385 e. The van der Waals surface area contributed by atoms with E-state index in [1.54, 1.807) is 23.1 Å². The number of nitrogens with zero attached hydrogens (tertiary/aromatic N) is 1. The third kappa shape index (κ3) is 3.65. The number of H-pyrrole nitrogens is 1. The van der Waals surface area contributed by atoms with Crippen LogP contribution in [0.1, 0.15) is 47.8 Å². The van der Waals surface area contributed by atoms with Crippen LogP contribution >= 0.6 is 0 Å². The van der Waals surface area contributed by atoms with Gasteiger partial charge in [0.15, 0.2) is 0 Å². The van der Waals surface area contributed by atoms with Crippen molar-refractivity contribution in [3.63, 3.8) is 0 Å². The maximum Gasteiger partial charge on any atom is 0.270 e. The number of aromatic nitrogens is 1. The molecule has 1 amide bonds. The van der Waals surface area contributed by atoms with E-state index in [9.17, 15) is 18.7 Å². The molecule has 29 heavy (non-hydrogen) atoms. The highest BCUT2D eigenvalue weighted by molar-refractivity contribution is 6.01. The molecule has 152 valence electrons. The predicted molar refractivity (Wildman–Crippen MR) is 108 cm³/mol. The van der Waals surface area contributed by atoms with Crippen molar-refractivity contribution in [1.82, 2.24) is 9.88 Å². The Hall–Kier alpha value is -2.73. The first-order valence-corrected chi connectivity index (χ1v) is 9.99. The van der Waals surface area contributed by atoms with Crippen LogP contribution in [0.5, 0.6) is 0 Å². The molecule has 3 aromatic rings. The van der Waals surface area contributed by atoms with E-state index in [1.165, 1.54) is 24.3 Å². The minimum absolute atomic E-state index is 0.137. The second-order valence-electron chi connectivity index (χ2n) is 7.71. The smallest absolute Gasteiger partial charge is 0.270 e. The minimum atomic E-state index is -1.08. The number of hydrogen-bond acceptors (Lipinski definition) is 2. The molecular weight excluding hydrogens is 374 g/mol. The van der Waals surface area contributed by atoms with Gasteiger partial charge >= 0.3 is 0 Å². The fraction of sp³-hybridized carbons (Fsp3) is 0.348. The molecule has 0 unspecified atom stereocenters. The molecule has 0 bridgehead atoms. The van der Waals surface area contributed by atoms with Crippen molar-refractivity contribution < 1.29 is 18.7 Å². The first-order chi connectivity index (χ1) is 13.9. The Morgan fingerprint density at radius 3 is 2.55 bits per heavy atom. The first-order valence-electron chi connectivity index (χ1n) is 9.99. The number of aliphatic hydroxyl groups is 1. The molecule has 1 saturated heterocycles. The van der Waals surface area contributed by atoms with Gasteiger partial charge in [0.05, 0.1) is 5.60 Å². The molecule has 2 heterocycles. The average molecular weight is 398 g/mol. The number of carbonyl (C=O) groups is 1. The summed E-state index contributed by atoms with van der Waals surface area (Å²) in [6.45, 7) is 2.86. The summed E-state index contributed by atoms with van der Waals surface area (Å²) < 4.78 is 26.9. The zero-order valence-electron chi connectivity index (χ0n) is 16.3. The van der Waals surface area contributed by atoms with E-state index in [-0.39, 0.29) is 17.5 Å². The van der Waals surface area contributed by atoms with E-state index in [0.29, 0.717) is 50.0 Å². The summed E-state index contributed by atoms with van der Waals surface area (Å²) in [6.07, 6.45) is 2.12. The number of nitrogens with one attached hydrogen (secondary N) is 1. The SMILES string of the molecule is CCc1c(C(=O)N2CCC[C@](O)(c3ccc(F)cc3)CC2)[nH]c2ccc(F)cc12. The number of fused-ring (bicyclic) bond motifs is 1. The van der Waals surface area contributed by atoms with Crippen LogP contribution in [0.3, 0.4) is 0 Å². The van der Waals surface area contributed by atoms with Crippen LogP contribution in [0.2, 0.25) is 0 Å². The lowest BCUT2D eigenvalue weighted by Crippen LogP contribution is -2.34. The lowest BCUT2D eigenvalue weighted by molar-refractivity contribution is 0.0212. The predicted octanol–water partition coefficient (Wildman–Crippen LogP) is 4.52. The summed E-state index contributed by atoms with van der Waals surface area (Å²) in [4.78, 5) is 18.1.